The van der Waals surface area contributed by atoms with Crippen molar-refractivity contribution in [3.8, 4) is 0 Å². The predicted molar refractivity (Wildman–Crippen MR) is 103 cm³/mol. The third kappa shape index (κ3) is 4.09. The van der Waals surface area contributed by atoms with E-state index in [0.717, 1.165) is 6.42 Å². The lowest BCUT2D eigenvalue weighted by Gasteiger charge is -2.21. The van der Waals surface area contributed by atoms with Crippen LogP contribution in [0.15, 0.2) is 35.3 Å². The molecule has 27 heavy (non-hydrogen) atoms. The zero-order valence-electron chi connectivity index (χ0n) is 15.0. The van der Waals surface area contributed by atoms with Gasteiger partial charge in [-0.25, -0.2) is 4.98 Å². The van der Waals surface area contributed by atoms with Crippen LogP contribution in [0.2, 0.25) is 5.02 Å². The van der Waals surface area contributed by atoms with Gasteiger partial charge in [0, 0.05) is 23.3 Å². The molecule has 0 aliphatic rings. The molecule has 8 heteroatoms. The van der Waals surface area contributed by atoms with Crippen molar-refractivity contribution in [3.63, 3.8) is 0 Å². The van der Waals surface area contributed by atoms with Crippen LogP contribution in [-0.2, 0) is 6.54 Å². The standard InChI is InChI=1S/C19H19ClN4O3/c1-3-6-24(19(27)16-7-12(9-21-16)11(2)25)10-17-22-15-8-13(20)4-5-14(15)18(26)23-17/h4-5,7-9,21H,3,6,10H2,1-2H3,(H,22,23,26). The first-order valence-corrected chi connectivity index (χ1v) is 8.94. The molecule has 0 unspecified atom stereocenters. The zero-order valence-corrected chi connectivity index (χ0v) is 15.8. The molecule has 3 aromatic rings. The molecule has 2 aromatic heterocycles. The van der Waals surface area contributed by atoms with Crippen LogP contribution in [0.3, 0.4) is 0 Å². The van der Waals surface area contributed by atoms with Crippen molar-refractivity contribution >= 4 is 34.2 Å². The summed E-state index contributed by atoms with van der Waals surface area (Å²) in [5, 5.41) is 0.920. The van der Waals surface area contributed by atoms with Gasteiger partial charge in [0.25, 0.3) is 11.5 Å². The number of H-pyrrole nitrogens is 2. The van der Waals surface area contributed by atoms with Gasteiger partial charge in [0.15, 0.2) is 5.78 Å². The Morgan fingerprint density at radius 2 is 2.04 bits per heavy atom. The summed E-state index contributed by atoms with van der Waals surface area (Å²) >= 11 is 5.99. The van der Waals surface area contributed by atoms with Gasteiger partial charge in [-0.15, -0.1) is 0 Å². The molecule has 140 valence electrons. The van der Waals surface area contributed by atoms with Crippen molar-refractivity contribution in [2.75, 3.05) is 6.54 Å². The van der Waals surface area contributed by atoms with Gasteiger partial charge < -0.3 is 14.9 Å². The summed E-state index contributed by atoms with van der Waals surface area (Å²) in [6, 6.07) is 6.39. The fraction of sp³-hybridized carbons (Fsp3) is 0.263. The number of carbonyl (C=O) groups is 2. The number of nitrogens with one attached hydrogen (secondary N) is 2. The quantitative estimate of drug-likeness (QED) is 0.635. The number of aromatic amines is 2. The van der Waals surface area contributed by atoms with Crippen LogP contribution in [0.1, 0.15) is 46.9 Å². The molecule has 0 radical (unpaired) electrons. The third-order valence-electron chi connectivity index (χ3n) is 4.16. The Morgan fingerprint density at radius 3 is 2.70 bits per heavy atom. The zero-order chi connectivity index (χ0) is 19.6. The number of fused-ring (bicyclic) bond motifs is 1. The van der Waals surface area contributed by atoms with Gasteiger partial charge in [0.2, 0.25) is 0 Å². The van der Waals surface area contributed by atoms with Crippen molar-refractivity contribution in [2.24, 2.45) is 0 Å². The molecule has 0 saturated heterocycles. The van der Waals surface area contributed by atoms with Crippen LogP contribution in [0.25, 0.3) is 10.9 Å². The summed E-state index contributed by atoms with van der Waals surface area (Å²) in [4.78, 5) is 48.1. The van der Waals surface area contributed by atoms with Gasteiger partial charge in [-0.2, -0.15) is 0 Å². The molecule has 0 aliphatic carbocycles. The molecule has 0 atom stereocenters. The van der Waals surface area contributed by atoms with Crippen molar-refractivity contribution in [1.82, 2.24) is 19.9 Å². The molecule has 2 N–H and O–H groups in total. The lowest BCUT2D eigenvalue weighted by molar-refractivity contribution is 0.0733. The van der Waals surface area contributed by atoms with Crippen LogP contribution in [0.5, 0.6) is 0 Å². The molecule has 1 aromatic carbocycles. The van der Waals surface area contributed by atoms with E-state index in [4.69, 9.17) is 11.6 Å². The van der Waals surface area contributed by atoms with E-state index < -0.39 is 0 Å². The highest BCUT2D eigenvalue weighted by molar-refractivity contribution is 6.31. The van der Waals surface area contributed by atoms with E-state index in [0.29, 0.717) is 39.6 Å². The van der Waals surface area contributed by atoms with E-state index in [1.54, 1.807) is 23.1 Å². The van der Waals surface area contributed by atoms with Gasteiger partial charge in [0.05, 0.1) is 17.4 Å². The Balaban J connectivity index is 1.91. The Hall–Kier alpha value is -2.93. The molecule has 0 saturated carbocycles. The summed E-state index contributed by atoms with van der Waals surface area (Å²) in [7, 11) is 0. The highest BCUT2D eigenvalue weighted by Crippen LogP contribution is 2.16. The van der Waals surface area contributed by atoms with Crippen molar-refractivity contribution in [3.05, 3.63) is 62.9 Å². The normalized spacial score (nSPS) is 10.9. The van der Waals surface area contributed by atoms with Gasteiger partial charge in [-0.3, -0.25) is 14.4 Å². The highest BCUT2D eigenvalue weighted by Gasteiger charge is 2.19. The Morgan fingerprint density at radius 1 is 1.26 bits per heavy atom. The largest absolute Gasteiger partial charge is 0.356 e. The topological polar surface area (TPSA) is 98.9 Å². The first kappa shape index (κ1) is 18.8. The summed E-state index contributed by atoms with van der Waals surface area (Å²) in [5.41, 5.74) is 0.958. The molecule has 0 aliphatic heterocycles. The lowest BCUT2D eigenvalue weighted by atomic mass is 10.2. The fourth-order valence-electron chi connectivity index (χ4n) is 2.83. The molecule has 7 nitrogen and oxygen atoms in total. The third-order valence-corrected chi connectivity index (χ3v) is 4.39. The molecular weight excluding hydrogens is 368 g/mol. The highest BCUT2D eigenvalue weighted by atomic mass is 35.5. The minimum absolute atomic E-state index is 0.121. The number of amides is 1. The van der Waals surface area contributed by atoms with Crippen LogP contribution in [0.4, 0.5) is 0 Å². The minimum atomic E-state index is -0.283. The van der Waals surface area contributed by atoms with E-state index in [1.165, 1.54) is 19.2 Å². The number of carbonyl (C=O) groups excluding carboxylic acids is 2. The maximum Gasteiger partial charge on any atom is 0.270 e. The van der Waals surface area contributed by atoms with Crippen LogP contribution in [-0.4, -0.2) is 38.1 Å². The molecule has 0 fully saturated rings. The Labute approximate surface area is 160 Å². The van der Waals surface area contributed by atoms with Crippen molar-refractivity contribution in [1.29, 1.82) is 0 Å². The van der Waals surface area contributed by atoms with Gasteiger partial charge in [-0.1, -0.05) is 18.5 Å². The first-order chi connectivity index (χ1) is 12.9. The maximum absolute atomic E-state index is 12.8. The van der Waals surface area contributed by atoms with Crippen LogP contribution < -0.4 is 5.56 Å². The van der Waals surface area contributed by atoms with E-state index in [-0.39, 0.29) is 23.8 Å². The number of ketones is 1. The predicted octanol–water partition coefficient (Wildman–Crippen LogP) is 3.16. The van der Waals surface area contributed by atoms with Gasteiger partial charge in [0.1, 0.15) is 11.5 Å². The Kier molecular flexibility index (Phi) is 5.41. The fourth-order valence-corrected chi connectivity index (χ4v) is 3.00. The monoisotopic (exact) mass is 386 g/mol. The average molecular weight is 387 g/mol. The second-order valence-corrected chi connectivity index (χ2v) is 6.70. The summed E-state index contributed by atoms with van der Waals surface area (Å²) in [5.74, 6) is -0.0159. The molecule has 0 bridgehead atoms. The molecular formula is C19H19ClN4O3. The maximum atomic E-state index is 12.8. The van der Waals surface area contributed by atoms with E-state index in [1.807, 2.05) is 6.92 Å². The second kappa shape index (κ2) is 7.75. The summed E-state index contributed by atoms with van der Waals surface area (Å²) in [6.45, 7) is 4.01. The second-order valence-electron chi connectivity index (χ2n) is 6.26. The summed E-state index contributed by atoms with van der Waals surface area (Å²) < 4.78 is 0. The number of nitrogens with zero attached hydrogens (tertiary/aromatic N) is 2. The molecule has 1 amide bonds. The van der Waals surface area contributed by atoms with E-state index in [2.05, 4.69) is 15.0 Å². The van der Waals surface area contributed by atoms with Crippen molar-refractivity contribution < 1.29 is 9.59 Å². The van der Waals surface area contributed by atoms with E-state index >= 15 is 0 Å². The molecule has 2 heterocycles. The Bertz CT molecular complexity index is 1070. The van der Waals surface area contributed by atoms with E-state index in [9.17, 15) is 14.4 Å². The average Bonchev–Trinajstić information content (AvgIpc) is 3.10. The SMILES string of the molecule is CCCN(Cc1nc2cc(Cl)ccc2c(=O)[nH]1)C(=O)c1cc(C(C)=O)c[nH]1. The molecule has 0 spiro atoms. The van der Waals surface area contributed by atoms with Gasteiger partial charge in [-0.05, 0) is 37.6 Å². The van der Waals surface area contributed by atoms with Crippen molar-refractivity contribution in [2.45, 2.75) is 26.8 Å². The lowest BCUT2D eigenvalue weighted by Crippen LogP contribution is -2.33. The number of hydrogen-bond donors (Lipinski definition) is 2. The van der Waals surface area contributed by atoms with Crippen LogP contribution >= 0.6 is 11.6 Å². The summed E-state index contributed by atoms with van der Waals surface area (Å²) in [6.07, 6.45) is 2.24. The minimum Gasteiger partial charge on any atom is -0.356 e. The molecule has 3 rings (SSSR count). The smallest absolute Gasteiger partial charge is 0.270 e. The number of hydrogen-bond acceptors (Lipinski definition) is 4. The number of halogens is 1. The van der Waals surface area contributed by atoms with Gasteiger partial charge >= 0.3 is 0 Å². The number of aromatic nitrogens is 3. The first-order valence-electron chi connectivity index (χ1n) is 8.56. The number of Topliss-reactive ketones (excluding diaryl/α,β-unsaturated/α-hetero) is 1. The number of benzene rings is 1. The number of rotatable bonds is 6. The van der Waals surface area contributed by atoms with Crippen LogP contribution in [0, 0.1) is 0 Å².